The fourth-order valence-corrected chi connectivity index (χ4v) is 2.84. The Bertz CT molecular complexity index is 943. The van der Waals surface area contributed by atoms with Gasteiger partial charge in [0.25, 0.3) is 0 Å². The van der Waals surface area contributed by atoms with Gasteiger partial charge in [-0.05, 0) is 24.3 Å². The second kappa shape index (κ2) is 3.86. The van der Waals surface area contributed by atoms with Crippen LogP contribution in [0.5, 0.6) is 0 Å². The first kappa shape index (κ1) is 11.1. The third-order valence-corrected chi connectivity index (χ3v) is 3.73. The summed E-state index contributed by atoms with van der Waals surface area (Å²) in [5.41, 5.74) is 2.31. The molecule has 2 aromatic heterocycles. The summed E-state index contributed by atoms with van der Waals surface area (Å²) in [5.74, 6) is 0. The first-order valence-corrected chi connectivity index (χ1v) is 6.55. The smallest absolute Gasteiger partial charge is 0.147 e. The number of nitrogens with zero attached hydrogens (tertiary/aromatic N) is 1. The van der Waals surface area contributed by atoms with Crippen LogP contribution < -0.4 is 0 Å². The van der Waals surface area contributed by atoms with Crippen LogP contribution in [-0.2, 0) is 0 Å². The van der Waals surface area contributed by atoms with Gasteiger partial charge in [-0.25, -0.2) is 4.98 Å². The topological polar surface area (TPSA) is 26.0 Å². The van der Waals surface area contributed by atoms with Crippen LogP contribution in [0.1, 0.15) is 0 Å². The Morgan fingerprint density at radius 3 is 2.68 bits per heavy atom. The lowest BCUT2D eigenvalue weighted by molar-refractivity contribution is 0.672. The largest absolute Gasteiger partial charge is 0.455 e. The molecule has 0 aliphatic rings. The number of furan rings is 1. The van der Waals surface area contributed by atoms with Crippen LogP contribution in [0.15, 0.2) is 46.9 Å². The molecule has 0 fully saturated rings. The zero-order valence-electron chi connectivity index (χ0n) is 9.65. The highest BCUT2D eigenvalue weighted by atomic mass is 35.5. The van der Waals surface area contributed by atoms with Gasteiger partial charge in [-0.15, -0.1) is 0 Å². The van der Waals surface area contributed by atoms with E-state index >= 15 is 0 Å². The minimum absolute atomic E-state index is 0.453. The predicted molar refractivity (Wildman–Crippen MR) is 79.0 cm³/mol. The summed E-state index contributed by atoms with van der Waals surface area (Å²) < 4.78 is 5.92. The van der Waals surface area contributed by atoms with E-state index in [1.165, 1.54) is 0 Å². The van der Waals surface area contributed by atoms with Crippen molar-refractivity contribution in [2.75, 3.05) is 0 Å². The number of rotatable bonds is 0. The predicted octanol–water partition coefficient (Wildman–Crippen LogP) is 5.44. The maximum atomic E-state index is 6.29. The Balaban J connectivity index is 2.35. The molecule has 2 heterocycles. The number of para-hydroxylation sites is 1. The molecule has 2 nitrogen and oxygen atoms in total. The SMILES string of the molecule is Clc1ccc2nc(Cl)c3c4ccccc4oc3c2c1. The van der Waals surface area contributed by atoms with Crippen molar-refractivity contribution in [3.63, 3.8) is 0 Å². The van der Waals surface area contributed by atoms with E-state index in [2.05, 4.69) is 4.98 Å². The number of hydrogen-bond donors (Lipinski definition) is 0. The van der Waals surface area contributed by atoms with Crippen molar-refractivity contribution < 1.29 is 4.42 Å². The molecule has 92 valence electrons. The summed E-state index contributed by atoms with van der Waals surface area (Å²) in [4.78, 5) is 4.41. The van der Waals surface area contributed by atoms with Crippen LogP contribution in [-0.4, -0.2) is 4.98 Å². The van der Waals surface area contributed by atoms with Crippen molar-refractivity contribution in [2.45, 2.75) is 0 Å². The van der Waals surface area contributed by atoms with Crippen LogP contribution in [0.3, 0.4) is 0 Å². The fourth-order valence-electron chi connectivity index (χ4n) is 2.39. The van der Waals surface area contributed by atoms with Crippen molar-refractivity contribution in [1.82, 2.24) is 4.98 Å². The van der Waals surface area contributed by atoms with Gasteiger partial charge in [-0.1, -0.05) is 41.4 Å². The molecule has 0 aliphatic heterocycles. The summed E-state index contributed by atoms with van der Waals surface area (Å²) in [6.07, 6.45) is 0. The van der Waals surface area contributed by atoms with E-state index in [1.807, 2.05) is 36.4 Å². The molecule has 19 heavy (non-hydrogen) atoms. The summed E-state index contributed by atoms with van der Waals surface area (Å²) in [6, 6.07) is 13.3. The van der Waals surface area contributed by atoms with Gasteiger partial charge in [-0.2, -0.15) is 0 Å². The van der Waals surface area contributed by atoms with Gasteiger partial charge >= 0.3 is 0 Å². The molecule has 0 radical (unpaired) electrons. The zero-order valence-corrected chi connectivity index (χ0v) is 11.2. The molecule has 0 amide bonds. The zero-order chi connectivity index (χ0) is 13.0. The van der Waals surface area contributed by atoms with Crippen LogP contribution in [0.2, 0.25) is 10.2 Å². The lowest BCUT2D eigenvalue weighted by Crippen LogP contribution is -1.82. The van der Waals surface area contributed by atoms with E-state index in [0.29, 0.717) is 10.2 Å². The number of pyridine rings is 1. The minimum Gasteiger partial charge on any atom is -0.455 e. The lowest BCUT2D eigenvalue weighted by Gasteiger charge is -2.00. The van der Waals surface area contributed by atoms with E-state index in [4.69, 9.17) is 27.6 Å². The van der Waals surface area contributed by atoms with Gasteiger partial charge in [-0.3, -0.25) is 0 Å². The summed E-state index contributed by atoms with van der Waals surface area (Å²) >= 11 is 12.3. The molecule has 2 aromatic carbocycles. The number of benzene rings is 2. The van der Waals surface area contributed by atoms with Crippen LogP contribution >= 0.6 is 23.2 Å². The molecule has 0 saturated carbocycles. The van der Waals surface area contributed by atoms with E-state index in [0.717, 1.165) is 32.8 Å². The molecule has 0 aliphatic carbocycles. The van der Waals surface area contributed by atoms with E-state index in [-0.39, 0.29) is 0 Å². The maximum absolute atomic E-state index is 6.29. The Hall–Kier alpha value is -1.77. The molecule has 0 N–H and O–H groups in total. The first-order chi connectivity index (χ1) is 9.24. The van der Waals surface area contributed by atoms with Gasteiger partial charge in [0.1, 0.15) is 16.3 Å². The highest BCUT2D eigenvalue weighted by Crippen LogP contribution is 2.37. The molecule has 4 heteroatoms. The van der Waals surface area contributed by atoms with Crippen molar-refractivity contribution in [3.05, 3.63) is 52.6 Å². The van der Waals surface area contributed by atoms with E-state index < -0.39 is 0 Å². The second-order valence-corrected chi connectivity index (χ2v) is 5.16. The molecule has 4 aromatic rings. The lowest BCUT2D eigenvalue weighted by atomic mass is 10.1. The molecular weight excluding hydrogens is 281 g/mol. The van der Waals surface area contributed by atoms with Gasteiger partial charge in [0.05, 0.1) is 10.9 Å². The van der Waals surface area contributed by atoms with Gasteiger partial charge in [0, 0.05) is 15.8 Å². The quantitative estimate of drug-likeness (QED) is 0.403. The minimum atomic E-state index is 0.453. The summed E-state index contributed by atoms with van der Waals surface area (Å²) in [6.45, 7) is 0. The Morgan fingerprint density at radius 1 is 0.947 bits per heavy atom. The Labute approximate surface area is 118 Å². The van der Waals surface area contributed by atoms with Crippen molar-refractivity contribution >= 4 is 56.0 Å². The average molecular weight is 288 g/mol. The third-order valence-electron chi connectivity index (χ3n) is 3.22. The molecule has 0 unspecified atom stereocenters. The number of halogens is 2. The normalized spacial score (nSPS) is 11.7. The van der Waals surface area contributed by atoms with Crippen molar-refractivity contribution in [3.8, 4) is 0 Å². The molecule has 4 rings (SSSR count). The molecular formula is C15H7Cl2NO. The standard InChI is InChI=1S/C15H7Cl2NO/c16-8-5-6-11-10(7-8)14-13(15(17)18-11)9-3-1-2-4-12(9)19-14/h1-7H. The van der Waals surface area contributed by atoms with E-state index in [9.17, 15) is 0 Å². The first-order valence-electron chi connectivity index (χ1n) is 5.80. The van der Waals surface area contributed by atoms with Crippen molar-refractivity contribution in [1.29, 1.82) is 0 Å². The number of hydrogen-bond acceptors (Lipinski definition) is 2. The summed E-state index contributed by atoms with van der Waals surface area (Å²) in [7, 11) is 0. The van der Waals surface area contributed by atoms with Gasteiger partial charge in [0.2, 0.25) is 0 Å². The third kappa shape index (κ3) is 1.54. The van der Waals surface area contributed by atoms with Gasteiger partial charge in [0.15, 0.2) is 0 Å². The maximum Gasteiger partial charge on any atom is 0.147 e. The molecule has 0 atom stereocenters. The Kier molecular flexibility index (Phi) is 2.25. The fraction of sp³-hybridized carbons (Fsp3) is 0. The van der Waals surface area contributed by atoms with E-state index in [1.54, 1.807) is 6.07 Å². The number of aromatic nitrogens is 1. The van der Waals surface area contributed by atoms with Gasteiger partial charge < -0.3 is 4.42 Å². The van der Waals surface area contributed by atoms with Crippen LogP contribution in [0.25, 0.3) is 32.8 Å². The summed E-state index contributed by atoms with van der Waals surface area (Å²) in [5, 5.41) is 3.79. The van der Waals surface area contributed by atoms with Crippen molar-refractivity contribution in [2.24, 2.45) is 0 Å². The monoisotopic (exact) mass is 287 g/mol. The molecule has 0 bridgehead atoms. The second-order valence-electron chi connectivity index (χ2n) is 4.37. The molecule has 0 spiro atoms. The highest BCUT2D eigenvalue weighted by molar-refractivity contribution is 6.38. The highest BCUT2D eigenvalue weighted by Gasteiger charge is 2.15. The van der Waals surface area contributed by atoms with Crippen LogP contribution in [0.4, 0.5) is 0 Å². The molecule has 0 saturated heterocycles. The number of fused-ring (bicyclic) bond motifs is 5. The van der Waals surface area contributed by atoms with Crippen LogP contribution in [0, 0.1) is 0 Å². The average Bonchev–Trinajstić information content (AvgIpc) is 2.80. The Morgan fingerprint density at radius 2 is 1.79 bits per heavy atom.